The molecule has 3 heteroatoms. The largest absolute Gasteiger partial charge is 0.359 e. The van der Waals surface area contributed by atoms with Gasteiger partial charge in [0.2, 0.25) is 0 Å². The summed E-state index contributed by atoms with van der Waals surface area (Å²) in [7, 11) is 0. The summed E-state index contributed by atoms with van der Waals surface area (Å²) < 4.78 is 5.44. The maximum absolute atomic E-state index is 6.10. The maximum Gasteiger partial charge on any atom is 0.153 e. The van der Waals surface area contributed by atoms with Gasteiger partial charge in [-0.15, -0.1) is 0 Å². The first-order valence-electron chi connectivity index (χ1n) is 7.40. The van der Waals surface area contributed by atoms with E-state index in [1.807, 2.05) is 0 Å². The SMILES string of the molecule is CC(C)C(N)c1cc(C2CCCCCCC2)no1. The minimum absolute atomic E-state index is 0.0280. The fourth-order valence-electron chi connectivity index (χ4n) is 2.73. The van der Waals surface area contributed by atoms with Crippen LogP contribution in [0.15, 0.2) is 10.6 Å². The molecule has 102 valence electrons. The van der Waals surface area contributed by atoms with E-state index in [4.69, 9.17) is 10.3 Å². The molecular formula is C15H26N2O. The summed E-state index contributed by atoms with van der Waals surface area (Å²) in [5.41, 5.74) is 7.23. The molecular weight excluding hydrogens is 224 g/mol. The van der Waals surface area contributed by atoms with E-state index in [1.165, 1.54) is 44.9 Å². The Bertz CT molecular complexity index is 351. The molecule has 1 aromatic rings. The summed E-state index contributed by atoms with van der Waals surface area (Å²) in [5, 5.41) is 4.26. The van der Waals surface area contributed by atoms with Gasteiger partial charge in [0.1, 0.15) is 0 Å². The van der Waals surface area contributed by atoms with Crippen LogP contribution < -0.4 is 5.73 Å². The highest BCUT2D eigenvalue weighted by molar-refractivity contribution is 5.13. The van der Waals surface area contributed by atoms with Gasteiger partial charge < -0.3 is 10.3 Å². The van der Waals surface area contributed by atoms with Crippen molar-refractivity contribution in [1.29, 1.82) is 0 Å². The fourth-order valence-corrected chi connectivity index (χ4v) is 2.73. The van der Waals surface area contributed by atoms with Crippen molar-refractivity contribution in [3.8, 4) is 0 Å². The lowest BCUT2D eigenvalue weighted by Gasteiger charge is -2.16. The van der Waals surface area contributed by atoms with Crippen molar-refractivity contribution in [2.45, 2.75) is 70.8 Å². The molecule has 18 heavy (non-hydrogen) atoms. The lowest BCUT2D eigenvalue weighted by atomic mass is 9.88. The molecule has 0 bridgehead atoms. The second kappa shape index (κ2) is 6.37. The molecule has 1 unspecified atom stereocenters. The van der Waals surface area contributed by atoms with Crippen LogP contribution >= 0.6 is 0 Å². The van der Waals surface area contributed by atoms with Gasteiger partial charge in [-0.25, -0.2) is 0 Å². The van der Waals surface area contributed by atoms with Crippen molar-refractivity contribution < 1.29 is 4.52 Å². The quantitative estimate of drug-likeness (QED) is 0.876. The molecule has 0 aromatic carbocycles. The monoisotopic (exact) mass is 250 g/mol. The van der Waals surface area contributed by atoms with Gasteiger partial charge in [0.15, 0.2) is 5.76 Å². The topological polar surface area (TPSA) is 52.0 Å². The van der Waals surface area contributed by atoms with Crippen LogP contribution in [0.5, 0.6) is 0 Å². The Labute approximate surface area is 110 Å². The number of nitrogens with zero attached hydrogens (tertiary/aromatic N) is 1. The Morgan fingerprint density at radius 2 is 1.78 bits per heavy atom. The van der Waals surface area contributed by atoms with Crippen LogP contribution in [0.2, 0.25) is 0 Å². The van der Waals surface area contributed by atoms with Crippen LogP contribution in [0.4, 0.5) is 0 Å². The van der Waals surface area contributed by atoms with E-state index < -0.39 is 0 Å². The minimum Gasteiger partial charge on any atom is -0.359 e. The van der Waals surface area contributed by atoms with E-state index in [9.17, 15) is 0 Å². The third-order valence-electron chi connectivity index (χ3n) is 4.12. The number of rotatable bonds is 3. The highest BCUT2D eigenvalue weighted by atomic mass is 16.5. The van der Waals surface area contributed by atoms with Crippen LogP contribution in [-0.4, -0.2) is 5.16 Å². The van der Waals surface area contributed by atoms with Crippen LogP contribution in [-0.2, 0) is 0 Å². The van der Waals surface area contributed by atoms with Crippen molar-refractivity contribution in [2.75, 3.05) is 0 Å². The van der Waals surface area contributed by atoms with Crippen molar-refractivity contribution in [2.24, 2.45) is 11.7 Å². The van der Waals surface area contributed by atoms with E-state index in [0.717, 1.165) is 11.5 Å². The molecule has 1 aliphatic carbocycles. The Balaban J connectivity index is 2.03. The third kappa shape index (κ3) is 3.35. The predicted octanol–water partition coefficient (Wildman–Crippen LogP) is 4.16. The summed E-state index contributed by atoms with van der Waals surface area (Å²) in [6.07, 6.45) is 9.28. The zero-order valence-electron chi connectivity index (χ0n) is 11.7. The maximum atomic E-state index is 6.10. The van der Waals surface area contributed by atoms with Gasteiger partial charge in [0, 0.05) is 12.0 Å². The van der Waals surface area contributed by atoms with E-state index in [2.05, 4.69) is 25.1 Å². The zero-order chi connectivity index (χ0) is 13.0. The Morgan fingerprint density at radius 1 is 1.17 bits per heavy atom. The molecule has 1 atom stereocenters. The van der Waals surface area contributed by atoms with E-state index in [-0.39, 0.29) is 6.04 Å². The molecule has 1 fully saturated rings. The summed E-state index contributed by atoms with van der Waals surface area (Å²) in [6, 6.07) is 2.07. The first-order valence-corrected chi connectivity index (χ1v) is 7.40. The van der Waals surface area contributed by atoms with Gasteiger partial charge in [-0.1, -0.05) is 51.1 Å². The van der Waals surface area contributed by atoms with Crippen LogP contribution in [0.25, 0.3) is 0 Å². The Morgan fingerprint density at radius 3 is 2.39 bits per heavy atom. The number of aromatic nitrogens is 1. The zero-order valence-corrected chi connectivity index (χ0v) is 11.7. The fraction of sp³-hybridized carbons (Fsp3) is 0.800. The molecule has 0 amide bonds. The molecule has 2 rings (SSSR count). The summed E-state index contributed by atoms with van der Waals surface area (Å²) >= 11 is 0. The highest BCUT2D eigenvalue weighted by Gasteiger charge is 2.21. The number of nitrogens with two attached hydrogens (primary N) is 1. The summed E-state index contributed by atoms with van der Waals surface area (Å²) in [5.74, 6) is 1.83. The van der Waals surface area contributed by atoms with Gasteiger partial charge in [-0.2, -0.15) is 0 Å². The van der Waals surface area contributed by atoms with Crippen molar-refractivity contribution >= 4 is 0 Å². The lowest BCUT2D eigenvalue weighted by molar-refractivity contribution is 0.323. The minimum atomic E-state index is -0.0280. The number of hydrogen-bond acceptors (Lipinski definition) is 3. The average Bonchev–Trinajstić information content (AvgIpc) is 2.76. The van der Waals surface area contributed by atoms with Gasteiger partial charge in [-0.05, 0) is 18.8 Å². The van der Waals surface area contributed by atoms with Gasteiger partial charge >= 0.3 is 0 Å². The average molecular weight is 250 g/mol. The van der Waals surface area contributed by atoms with Gasteiger partial charge in [0.25, 0.3) is 0 Å². The molecule has 0 aliphatic heterocycles. The van der Waals surface area contributed by atoms with Gasteiger partial charge in [0.05, 0.1) is 11.7 Å². The van der Waals surface area contributed by atoms with E-state index in [1.54, 1.807) is 0 Å². The van der Waals surface area contributed by atoms with Crippen molar-refractivity contribution in [1.82, 2.24) is 5.16 Å². The molecule has 0 spiro atoms. The molecule has 2 N–H and O–H groups in total. The van der Waals surface area contributed by atoms with Crippen LogP contribution in [0, 0.1) is 5.92 Å². The smallest absolute Gasteiger partial charge is 0.153 e. The predicted molar refractivity (Wildman–Crippen MR) is 73.3 cm³/mol. The molecule has 0 saturated heterocycles. The third-order valence-corrected chi connectivity index (χ3v) is 4.12. The molecule has 3 nitrogen and oxygen atoms in total. The molecule has 1 saturated carbocycles. The van der Waals surface area contributed by atoms with Crippen LogP contribution in [0.3, 0.4) is 0 Å². The van der Waals surface area contributed by atoms with Crippen molar-refractivity contribution in [3.63, 3.8) is 0 Å². The second-order valence-electron chi connectivity index (χ2n) is 5.97. The standard InChI is InChI=1S/C15H26N2O/c1-11(2)15(16)14-10-13(17-18-14)12-8-6-4-3-5-7-9-12/h10-12,15H,3-9,16H2,1-2H3. The first kappa shape index (κ1) is 13.6. The molecule has 1 heterocycles. The lowest BCUT2D eigenvalue weighted by Crippen LogP contribution is -2.15. The molecule has 0 radical (unpaired) electrons. The van der Waals surface area contributed by atoms with Gasteiger partial charge in [-0.3, -0.25) is 0 Å². The Hall–Kier alpha value is -0.830. The molecule has 1 aliphatic rings. The van der Waals surface area contributed by atoms with E-state index >= 15 is 0 Å². The van der Waals surface area contributed by atoms with Crippen LogP contribution in [0.1, 0.15) is 82.2 Å². The Kier molecular flexibility index (Phi) is 4.81. The molecule has 1 aromatic heterocycles. The number of hydrogen-bond donors (Lipinski definition) is 1. The first-order chi connectivity index (χ1) is 8.68. The summed E-state index contributed by atoms with van der Waals surface area (Å²) in [6.45, 7) is 4.23. The summed E-state index contributed by atoms with van der Waals surface area (Å²) in [4.78, 5) is 0. The highest BCUT2D eigenvalue weighted by Crippen LogP contribution is 2.31. The van der Waals surface area contributed by atoms with E-state index in [0.29, 0.717) is 11.8 Å². The normalized spacial score (nSPS) is 20.7. The van der Waals surface area contributed by atoms with Crippen molar-refractivity contribution in [3.05, 3.63) is 17.5 Å². The second-order valence-corrected chi connectivity index (χ2v) is 5.97.